The molecule has 0 spiro atoms. The number of hydrogen-bond acceptors (Lipinski definition) is 3. The van der Waals surface area contributed by atoms with Crippen LogP contribution in [0.15, 0.2) is 12.3 Å². The molecule has 1 aromatic rings. The van der Waals surface area contributed by atoms with E-state index < -0.39 is 11.9 Å². The second-order valence-corrected chi connectivity index (χ2v) is 3.22. The summed E-state index contributed by atoms with van der Waals surface area (Å²) in [6, 6.07) is 1.57. The van der Waals surface area contributed by atoms with Crippen molar-refractivity contribution in [3.05, 3.63) is 18.0 Å². The SMILES string of the molecule is O=C(O)C1CN(C(=O)c2ccn[nH]2)C1. The van der Waals surface area contributed by atoms with Crippen molar-refractivity contribution in [3.63, 3.8) is 0 Å². The number of H-pyrrole nitrogens is 1. The van der Waals surface area contributed by atoms with Crippen LogP contribution in [-0.2, 0) is 4.79 Å². The molecule has 2 heterocycles. The molecule has 1 amide bonds. The third kappa shape index (κ3) is 1.34. The molecule has 0 radical (unpaired) electrons. The van der Waals surface area contributed by atoms with Crippen LogP contribution < -0.4 is 0 Å². The van der Waals surface area contributed by atoms with Crippen LogP contribution in [0.5, 0.6) is 0 Å². The zero-order valence-corrected chi connectivity index (χ0v) is 7.30. The van der Waals surface area contributed by atoms with Gasteiger partial charge in [-0.05, 0) is 6.07 Å². The number of likely N-dealkylation sites (tertiary alicyclic amines) is 1. The standard InChI is InChI=1S/C8H9N3O3/c12-7(6-1-2-9-10-6)11-3-5(4-11)8(13)14/h1-2,5H,3-4H2,(H,9,10)(H,13,14). The van der Waals surface area contributed by atoms with Gasteiger partial charge in [-0.2, -0.15) is 5.10 Å². The Balaban J connectivity index is 1.95. The maximum absolute atomic E-state index is 11.5. The van der Waals surface area contributed by atoms with Gasteiger partial charge in [-0.15, -0.1) is 0 Å². The molecule has 0 aromatic carbocycles. The van der Waals surface area contributed by atoms with Crippen LogP contribution in [0.2, 0.25) is 0 Å². The number of aliphatic carboxylic acids is 1. The average Bonchev–Trinajstić information content (AvgIpc) is 2.51. The first-order valence-corrected chi connectivity index (χ1v) is 4.20. The van der Waals surface area contributed by atoms with Gasteiger partial charge in [0, 0.05) is 19.3 Å². The Morgan fingerprint density at radius 2 is 2.29 bits per heavy atom. The summed E-state index contributed by atoms with van der Waals surface area (Å²) in [6.45, 7) is 0.570. The molecule has 74 valence electrons. The van der Waals surface area contributed by atoms with Gasteiger partial charge in [-0.25, -0.2) is 0 Å². The van der Waals surface area contributed by atoms with Gasteiger partial charge in [0.15, 0.2) is 0 Å². The molecular weight excluding hydrogens is 186 g/mol. The molecule has 1 aliphatic rings. The normalized spacial score (nSPS) is 16.4. The van der Waals surface area contributed by atoms with Gasteiger partial charge in [0.05, 0.1) is 5.92 Å². The van der Waals surface area contributed by atoms with Crippen molar-refractivity contribution in [1.29, 1.82) is 0 Å². The number of carbonyl (C=O) groups is 2. The minimum atomic E-state index is -0.848. The Morgan fingerprint density at radius 3 is 2.79 bits per heavy atom. The van der Waals surface area contributed by atoms with E-state index in [-0.39, 0.29) is 19.0 Å². The number of carboxylic acids is 1. The molecular formula is C8H9N3O3. The van der Waals surface area contributed by atoms with Crippen LogP contribution in [0.3, 0.4) is 0 Å². The van der Waals surface area contributed by atoms with Crippen LogP contribution in [0.25, 0.3) is 0 Å². The van der Waals surface area contributed by atoms with E-state index in [1.54, 1.807) is 6.07 Å². The second-order valence-electron chi connectivity index (χ2n) is 3.22. The van der Waals surface area contributed by atoms with Crippen molar-refractivity contribution >= 4 is 11.9 Å². The lowest BCUT2D eigenvalue weighted by Crippen LogP contribution is -2.53. The number of hydrogen-bond donors (Lipinski definition) is 2. The summed E-state index contributed by atoms with van der Waals surface area (Å²) in [6.07, 6.45) is 1.49. The highest BCUT2D eigenvalue weighted by Gasteiger charge is 2.36. The van der Waals surface area contributed by atoms with E-state index in [0.29, 0.717) is 5.69 Å². The summed E-state index contributed by atoms with van der Waals surface area (Å²) < 4.78 is 0. The first-order chi connectivity index (χ1) is 6.68. The molecule has 1 aromatic heterocycles. The minimum Gasteiger partial charge on any atom is -0.481 e. The molecule has 2 rings (SSSR count). The highest BCUT2D eigenvalue weighted by atomic mass is 16.4. The van der Waals surface area contributed by atoms with E-state index in [1.807, 2.05) is 0 Å². The molecule has 0 bridgehead atoms. The third-order valence-corrected chi connectivity index (χ3v) is 2.25. The average molecular weight is 195 g/mol. The van der Waals surface area contributed by atoms with E-state index in [1.165, 1.54) is 11.1 Å². The van der Waals surface area contributed by atoms with Crippen molar-refractivity contribution in [3.8, 4) is 0 Å². The second kappa shape index (κ2) is 3.13. The molecule has 14 heavy (non-hydrogen) atoms. The highest BCUT2D eigenvalue weighted by Crippen LogP contribution is 2.17. The molecule has 0 unspecified atom stereocenters. The first kappa shape index (κ1) is 8.74. The molecule has 6 nitrogen and oxygen atoms in total. The van der Waals surface area contributed by atoms with E-state index in [0.717, 1.165) is 0 Å². The quantitative estimate of drug-likeness (QED) is 0.670. The Labute approximate surface area is 79.5 Å². The number of amides is 1. The molecule has 1 saturated heterocycles. The van der Waals surface area contributed by atoms with Gasteiger partial charge >= 0.3 is 5.97 Å². The highest BCUT2D eigenvalue weighted by molar-refractivity contribution is 5.93. The smallest absolute Gasteiger partial charge is 0.310 e. The summed E-state index contributed by atoms with van der Waals surface area (Å²) in [5, 5.41) is 14.8. The molecule has 1 fully saturated rings. The van der Waals surface area contributed by atoms with E-state index >= 15 is 0 Å². The summed E-state index contributed by atoms with van der Waals surface area (Å²) in [7, 11) is 0. The van der Waals surface area contributed by atoms with Crippen molar-refractivity contribution in [2.24, 2.45) is 5.92 Å². The fourth-order valence-electron chi connectivity index (χ4n) is 1.35. The van der Waals surface area contributed by atoms with Gasteiger partial charge in [0.25, 0.3) is 5.91 Å². The summed E-state index contributed by atoms with van der Waals surface area (Å²) in [4.78, 5) is 23.5. The van der Waals surface area contributed by atoms with Gasteiger partial charge < -0.3 is 10.0 Å². The topological polar surface area (TPSA) is 86.3 Å². The van der Waals surface area contributed by atoms with Gasteiger partial charge in [0.2, 0.25) is 0 Å². The molecule has 6 heteroatoms. The van der Waals surface area contributed by atoms with E-state index in [2.05, 4.69) is 10.2 Å². The lowest BCUT2D eigenvalue weighted by Gasteiger charge is -2.36. The van der Waals surface area contributed by atoms with Crippen molar-refractivity contribution in [2.75, 3.05) is 13.1 Å². The van der Waals surface area contributed by atoms with Crippen molar-refractivity contribution < 1.29 is 14.7 Å². The Morgan fingerprint density at radius 1 is 1.57 bits per heavy atom. The van der Waals surface area contributed by atoms with Gasteiger partial charge in [0.1, 0.15) is 5.69 Å². The monoisotopic (exact) mass is 195 g/mol. The largest absolute Gasteiger partial charge is 0.481 e. The lowest BCUT2D eigenvalue weighted by atomic mass is 10.0. The number of rotatable bonds is 2. The molecule has 0 aliphatic carbocycles. The maximum Gasteiger partial charge on any atom is 0.310 e. The van der Waals surface area contributed by atoms with E-state index in [9.17, 15) is 9.59 Å². The maximum atomic E-state index is 11.5. The van der Waals surface area contributed by atoms with Crippen molar-refractivity contribution in [2.45, 2.75) is 0 Å². The number of aromatic amines is 1. The number of carboxylic acid groups (broad SMARTS) is 1. The lowest BCUT2D eigenvalue weighted by molar-refractivity contribution is -0.146. The zero-order valence-electron chi connectivity index (χ0n) is 7.30. The number of aromatic nitrogens is 2. The molecule has 1 aliphatic heterocycles. The molecule has 0 atom stereocenters. The van der Waals surface area contributed by atoms with Crippen LogP contribution in [-0.4, -0.2) is 45.2 Å². The summed E-state index contributed by atoms with van der Waals surface area (Å²) in [5.74, 6) is -1.46. The first-order valence-electron chi connectivity index (χ1n) is 4.20. The predicted octanol–water partition coefficient (Wildman–Crippen LogP) is -0.434. The Bertz CT molecular complexity index is 354. The van der Waals surface area contributed by atoms with Crippen LogP contribution >= 0.6 is 0 Å². The minimum absolute atomic E-state index is 0.194. The fourth-order valence-corrected chi connectivity index (χ4v) is 1.35. The number of carbonyl (C=O) groups excluding carboxylic acids is 1. The number of nitrogens with zero attached hydrogens (tertiary/aromatic N) is 2. The Kier molecular flexibility index (Phi) is 1.95. The number of nitrogens with one attached hydrogen (secondary N) is 1. The fraction of sp³-hybridized carbons (Fsp3) is 0.375. The Hall–Kier alpha value is -1.85. The summed E-state index contributed by atoms with van der Waals surface area (Å²) in [5.41, 5.74) is 0.397. The van der Waals surface area contributed by atoms with Crippen molar-refractivity contribution in [1.82, 2.24) is 15.1 Å². The molecule has 2 N–H and O–H groups in total. The third-order valence-electron chi connectivity index (χ3n) is 2.25. The molecule has 0 saturated carbocycles. The van der Waals surface area contributed by atoms with E-state index in [4.69, 9.17) is 5.11 Å². The summed E-state index contributed by atoms with van der Waals surface area (Å²) >= 11 is 0. The zero-order chi connectivity index (χ0) is 10.1. The van der Waals surface area contributed by atoms with Crippen LogP contribution in [0, 0.1) is 5.92 Å². The predicted molar refractivity (Wildman–Crippen MR) is 45.6 cm³/mol. The van der Waals surface area contributed by atoms with Crippen LogP contribution in [0.4, 0.5) is 0 Å². The van der Waals surface area contributed by atoms with Gasteiger partial charge in [-0.3, -0.25) is 14.7 Å². The van der Waals surface area contributed by atoms with Crippen LogP contribution in [0.1, 0.15) is 10.5 Å². The van der Waals surface area contributed by atoms with Gasteiger partial charge in [-0.1, -0.05) is 0 Å².